The molecular formula is C19H20N2O7. The van der Waals surface area contributed by atoms with Crippen LogP contribution in [0.3, 0.4) is 0 Å². The standard InChI is InChI=1S/C19H20N2O7/c1-12(19(23)20-14-5-4-6-15(10-14)21(24)25)28-18(22)9-13-7-8-16(26-2)11-17(13)27-3/h4-8,10-12H,9H2,1-3H3,(H,20,23). The number of non-ortho nitro benzene ring substituents is 1. The quantitative estimate of drug-likeness (QED) is 0.420. The van der Waals surface area contributed by atoms with Crippen LogP contribution >= 0.6 is 0 Å². The van der Waals surface area contributed by atoms with Crippen molar-refractivity contribution in [2.75, 3.05) is 19.5 Å². The smallest absolute Gasteiger partial charge is 0.311 e. The molecule has 0 heterocycles. The Labute approximate surface area is 161 Å². The monoisotopic (exact) mass is 388 g/mol. The Morgan fingerprint density at radius 1 is 1.14 bits per heavy atom. The van der Waals surface area contributed by atoms with Crippen LogP contribution in [0.15, 0.2) is 42.5 Å². The van der Waals surface area contributed by atoms with Crippen LogP contribution in [-0.4, -0.2) is 37.1 Å². The fourth-order valence-electron chi connectivity index (χ4n) is 2.39. The van der Waals surface area contributed by atoms with Gasteiger partial charge in [0.1, 0.15) is 11.5 Å². The highest BCUT2D eigenvalue weighted by molar-refractivity contribution is 5.95. The van der Waals surface area contributed by atoms with Crippen molar-refractivity contribution < 1.29 is 28.7 Å². The van der Waals surface area contributed by atoms with E-state index in [4.69, 9.17) is 14.2 Å². The second kappa shape index (κ2) is 9.36. The van der Waals surface area contributed by atoms with Gasteiger partial charge in [-0.2, -0.15) is 0 Å². The van der Waals surface area contributed by atoms with Crippen molar-refractivity contribution in [2.45, 2.75) is 19.4 Å². The van der Waals surface area contributed by atoms with Crippen LogP contribution in [-0.2, 0) is 20.7 Å². The van der Waals surface area contributed by atoms with Gasteiger partial charge in [0.25, 0.3) is 11.6 Å². The number of hydrogen-bond acceptors (Lipinski definition) is 7. The number of nitro groups is 1. The van der Waals surface area contributed by atoms with Crippen LogP contribution < -0.4 is 14.8 Å². The van der Waals surface area contributed by atoms with Crippen molar-refractivity contribution in [1.82, 2.24) is 0 Å². The van der Waals surface area contributed by atoms with E-state index in [1.807, 2.05) is 0 Å². The van der Waals surface area contributed by atoms with Gasteiger partial charge in [0, 0.05) is 29.4 Å². The fraction of sp³-hybridized carbons (Fsp3) is 0.263. The molecule has 1 atom stereocenters. The van der Waals surface area contributed by atoms with Crippen LogP contribution in [0.25, 0.3) is 0 Å². The zero-order valence-electron chi connectivity index (χ0n) is 15.6. The Balaban J connectivity index is 1.97. The third kappa shape index (κ3) is 5.44. The number of nitrogens with zero attached hydrogens (tertiary/aromatic N) is 1. The van der Waals surface area contributed by atoms with E-state index in [0.29, 0.717) is 17.1 Å². The number of carbonyl (C=O) groups excluding carboxylic acids is 2. The molecule has 148 valence electrons. The molecule has 0 aliphatic heterocycles. The molecule has 0 aliphatic carbocycles. The second-order valence-corrected chi connectivity index (χ2v) is 5.78. The van der Waals surface area contributed by atoms with Gasteiger partial charge in [-0.1, -0.05) is 12.1 Å². The van der Waals surface area contributed by atoms with E-state index < -0.39 is 22.9 Å². The highest BCUT2D eigenvalue weighted by atomic mass is 16.6. The molecule has 0 saturated heterocycles. The largest absolute Gasteiger partial charge is 0.497 e. The molecule has 1 N–H and O–H groups in total. The Morgan fingerprint density at radius 2 is 1.89 bits per heavy atom. The fourth-order valence-corrected chi connectivity index (χ4v) is 2.39. The zero-order chi connectivity index (χ0) is 20.7. The van der Waals surface area contributed by atoms with E-state index in [2.05, 4.69) is 5.32 Å². The number of ether oxygens (including phenoxy) is 3. The first-order valence-electron chi connectivity index (χ1n) is 8.29. The van der Waals surface area contributed by atoms with Crippen molar-refractivity contribution >= 4 is 23.3 Å². The molecule has 1 unspecified atom stereocenters. The number of nitrogens with one attached hydrogen (secondary N) is 1. The molecule has 0 radical (unpaired) electrons. The summed E-state index contributed by atoms with van der Waals surface area (Å²) in [6, 6.07) is 10.5. The topological polar surface area (TPSA) is 117 Å². The van der Waals surface area contributed by atoms with Gasteiger partial charge in [-0.15, -0.1) is 0 Å². The van der Waals surface area contributed by atoms with Crippen LogP contribution in [0.4, 0.5) is 11.4 Å². The van der Waals surface area contributed by atoms with Gasteiger partial charge in [0.15, 0.2) is 6.10 Å². The van der Waals surface area contributed by atoms with Crippen molar-refractivity contribution in [3.05, 3.63) is 58.1 Å². The molecule has 9 nitrogen and oxygen atoms in total. The molecule has 2 aromatic carbocycles. The van der Waals surface area contributed by atoms with E-state index in [0.717, 1.165) is 0 Å². The number of carbonyl (C=O) groups is 2. The number of methoxy groups -OCH3 is 2. The van der Waals surface area contributed by atoms with Crippen LogP contribution in [0.1, 0.15) is 12.5 Å². The van der Waals surface area contributed by atoms with Gasteiger partial charge in [-0.05, 0) is 19.1 Å². The van der Waals surface area contributed by atoms with E-state index in [1.165, 1.54) is 45.4 Å². The van der Waals surface area contributed by atoms with Crippen LogP contribution in [0.2, 0.25) is 0 Å². The van der Waals surface area contributed by atoms with Crippen molar-refractivity contribution in [2.24, 2.45) is 0 Å². The molecular weight excluding hydrogens is 368 g/mol. The minimum absolute atomic E-state index is 0.0956. The molecule has 2 aromatic rings. The molecule has 0 saturated carbocycles. The molecule has 0 fully saturated rings. The first kappa shape index (κ1) is 20.7. The van der Waals surface area contributed by atoms with Gasteiger partial charge in [-0.3, -0.25) is 19.7 Å². The lowest BCUT2D eigenvalue weighted by molar-refractivity contribution is -0.384. The maximum Gasteiger partial charge on any atom is 0.311 e. The van der Waals surface area contributed by atoms with Gasteiger partial charge in [0.05, 0.1) is 25.6 Å². The number of amides is 1. The summed E-state index contributed by atoms with van der Waals surface area (Å²) in [4.78, 5) is 34.6. The predicted molar refractivity (Wildman–Crippen MR) is 101 cm³/mol. The zero-order valence-corrected chi connectivity index (χ0v) is 15.6. The van der Waals surface area contributed by atoms with Crippen LogP contribution in [0, 0.1) is 10.1 Å². The Hall–Kier alpha value is -3.62. The first-order valence-corrected chi connectivity index (χ1v) is 8.29. The van der Waals surface area contributed by atoms with Gasteiger partial charge >= 0.3 is 5.97 Å². The van der Waals surface area contributed by atoms with Gasteiger partial charge < -0.3 is 19.5 Å². The molecule has 9 heteroatoms. The summed E-state index contributed by atoms with van der Waals surface area (Å²) in [6.45, 7) is 1.41. The summed E-state index contributed by atoms with van der Waals surface area (Å²) in [6.07, 6.45) is -1.18. The van der Waals surface area contributed by atoms with E-state index in [1.54, 1.807) is 18.2 Å². The molecule has 0 aliphatic rings. The van der Waals surface area contributed by atoms with E-state index in [-0.39, 0.29) is 17.8 Å². The minimum atomic E-state index is -1.09. The Kier molecular flexibility index (Phi) is 6.91. The highest BCUT2D eigenvalue weighted by Crippen LogP contribution is 2.25. The number of rotatable bonds is 8. The SMILES string of the molecule is COc1ccc(CC(=O)OC(C)C(=O)Nc2cccc([N+](=O)[O-])c2)c(OC)c1. The third-order valence-corrected chi connectivity index (χ3v) is 3.83. The molecule has 0 aromatic heterocycles. The second-order valence-electron chi connectivity index (χ2n) is 5.78. The maximum atomic E-state index is 12.2. The van der Waals surface area contributed by atoms with Crippen LogP contribution in [0.5, 0.6) is 11.5 Å². The van der Waals surface area contributed by atoms with Crippen molar-refractivity contribution in [1.29, 1.82) is 0 Å². The summed E-state index contributed by atoms with van der Waals surface area (Å²) in [5.74, 6) is -0.177. The number of benzene rings is 2. The summed E-state index contributed by atoms with van der Waals surface area (Å²) in [5.41, 5.74) is 0.660. The number of hydrogen-bond donors (Lipinski definition) is 1. The van der Waals surface area contributed by atoms with Crippen molar-refractivity contribution in [3.63, 3.8) is 0 Å². The minimum Gasteiger partial charge on any atom is -0.497 e. The van der Waals surface area contributed by atoms with Crippen molar-refractivity contribution in [3.8, 4) is 11.5 Å². The summed E-state index contributed by atoms with van der Waals surface area (Å²) < 4.78 is 15.5. The summed E-state index contributed by atoms with van der Waals surface area (Å²) in [5, 5.41) is 13.3. The molecule has 0 bridgehead atoms. The predicted octanol–water partition coefficient (Wildman–Crippen LogP) is 2.72. The summed E-state index contributed by atoms with van der Waals surface area (Å²) >= 11 is 0. The molecule has 28 heavy (non-hydrogen) atoms. The maximum absolute atomic E-state index is 12.2. The normalized spacial score (nSPS) is 11.2. The van der Waals surface area contributed by atoms with E-state index in [9.17, 15) is 19.7 Å². The number of anilines is 1. The number of nitro benzene ring substituents is 1. The van der Waals surface area contributed by atoms with Gasteiger partial charge in [-0.25, -0.2) is 0 Å². The lowest BCUT2D eigenvalue weighted by Crippen LogP contribution is -2.30. The Bertz CT molecular complexity index is 882. The first-order chi connectivity index (χ1) is 13.3. The third-order valence-electron chi connectivity index (χ3n) is 3.83. The lowest BCUT2D eigenvalue weighted by Gasteiger charge is -2.14. The highest BCUT2D eigenvalue weighted by Gasteiger charge is 2.20. The lowest BCUT2D eigenvalue weighted by atomic mass is 10.1. The molecule has 2 rings (SSSR count). The average Bonchev–Trinajstić information content (AvgIpc) is 2.68. The van der Waals surface area contributed by atoms with E-state index >= 15 is 0 Å². The summed E-state index contributed by atoms with van der Waals surface area (Å²) in [7, 11) is 2.99. The number of esters is 1. The Morgan fingerprint density at radius 3 is 2.54 bits per heavy atom. The molecule has 1 amide bonds. The molecule has 0 spiro atoms. The van der Waals surface area contributed by atoms with Gasteiger partial charge in [0.2, 0.25) is 0 Å². The average molecular weight is 388 g/mol.